The molecule has 0 saturated carbocycles. The SMILES string of the molecule is COc1ccc2c(C)c(C)nc(N3CCN(C)CC3)c2c1. The van der Waals surface area contributed by atoms with Crippen molar-refractivity contribution in [3.63, 3.8) is 0 Å². The molecule has 0 aliphatic carbocycles. The minimum Gasteiger partial charge on any atom is -0.497 e. The molecule has 0 N–H and O–H groups in total. The lowest BCUT2D eigenvalue weighted by Crippen LogP contribution is -2.45. The van der Waals surface area contributed by atoms with Crippen LogP contribution in [0.25, 0.3) is 10.8 Å². The van der Waals surface area contributed by atoms with Gasteiger partial charge in [-0.05, 0) is 44.0 Å². The van der Waals surface area contributed by atoms with E-state index in [4.69, 9.17) is 9.72 Å². The molecule has 1 aliphatic heterocycles. The summed E-state index contributed by atoms with van der Waals surface area (Å²) in [5.74, 6) is 1.99. The molecule has 0 bridgehead atoms. The van der Waals surface area contributed by atoms with Crippen LogP contribution >= 0.6 is 0 Å². The van der Waals surface area contributed by atoms with E-state index in [0.29, 0.717) is 0 Å². The highest BCUT2D eigenvalue weighted by molar-refractivity contribution is 5.96. The Morgan fingerprint density at radius 3 is 2.43 bits per heavy atom. The Balaban J connectivity index is 2.14. The molecule has 0 unspecified atom stereocenters. The monoisotopic (exact) mass is 285 g/mol. The Morgan fingerprint density at radius 2 is 1.76 bits per heavy atom. The topological polar surface area (TPSA) is 28.6 Å². The summed E-state index contributed by atoms with van der Waals surface area (Å²) >= 11 is 0. The van der Waals surface area contributed by atoms with Crippen LogP contribution in [0.2, 0.25) is 0 Å². The van der Waals surface area contributed by atoms with Crippen molar-refractivity contribution >= 4 is 16.6 Å². The largest absolute Gasteiger partial charge is 0.497 e. The molecule has 4 nitrogen and oxygen atoms in total. The Kier molecular flexibility index (Phi) is 3.72. The maximum atomic E-state index is 5.40. The second kappa shape index (κ2) is 5.53. The fourth-order valence-corrected chi connectivity index (χ4v) is 2.92. The van der Waals surface area contributed by atoms with Crippen LogP contribution in [-0.2, 0) is 0 Å². The lowest BCUT2D eigenvalue weighted by Gasteiger charge is -2.34. The molecule has 1 aromatic heterocycles. The van der Waals surface area contributed by atoms with E-state index in [1.54, 1.807) is 7.11 Å². The van der Waals surface area contributed by atoms with Crippen LogP contribution < -0.4 is 9.64 Å². The van der Waals surface area contributed by atoms with Crippen LogP contribution in [0.15, 0.2) is 18.2 Å². The van der Waals surface area contributed by atoms with Crippen LogP contribution in [0.3, 0.4) is 0 Å². The van der Waals surface area contributed by atoms with E-state index in [1.807, 2.05) is 6.07 Å². The third kappa shape index (κ3) is 2.56. The van der Waals surface area contributed by atoms with Crippen molar-refractivity contribution in [3.8, 4) is 5.75 Å². The summed E-state index contributed by atoms with van der Waals surface area (Å²) in [5.41, 5.74) is 2.37. The molecule has 112 valence electrons. The van der Waals surface area contributed by atoms with Gasteiger partial charge in [-0.25, -0.2) is 4.98 Å². The number of benzene rings is 1. The Labute approximate surface area is 126 Å². The molecule has 0 spiro atoms. The van der Waals surface area contributed by atoms with Gasteiger partial charge in [0.15, 0.2) is 0 Å². The molecule has 2 aromatic rings. The molecule has 0 radical (unpaired) electrons. The number of hydrogen-bond donors (Lipinski definition) is 0. The van der Waals surface area contributed by atoms with Gasteiger partial charge in [0.25, 0.3) is 0 Å². The van der Waals surface area contributed by atoms with E-state index in [-0.39, 0.29) is 0 Å². The van der Waals surface area contributed by atoms with Crippen molar-refractivity contribution in [1.82, 2.24) is 9.88 Å². The number of nitrogens with zero attached hydrogens (tertiary/aromatic N) is 3. The number of anilines is 1. The van der Waals surface area contributed by atoms with Gasteiger partial charge in [0.05, 0.1) is 7.11 Å². The zero-order valence-electron chi connectivity index (χ0n) is 13.3. The van der Waals surface area contributed by atoms with Gasteiger partial charge < -0.3 is 14.5 Å². The fraction of sp³-hybridized carbons (Fsp3) is 0.471. The van der Waals surface area contributed by atoms with Crippen molar-refractivity contribution < 1.29 is 4.74 Å². The van der Waals surface area contributed by atoms with Gasteiger partial charge in [0.2, 0.25) is 0 Å². The van der Waals surface area contributed by atoms with E-state index in [1.165, 1.54) is 16.3 Å². The van der Waals surface area contributed by atoms with Crippen molar-refractivity contribution in [2.24, 2.45) is 0 Å². The van der Waals surface area contributed by atoms with Gasteiger partial charge in [-0.2, -0.15) is 0 Å². The van der Waals surface area contributed by atoms with E-state index >= 15 is 0 Å². The maximum absolute atomic E-state index is 5.40. The number of hydrogen-bond acceptors (Lipinski definition) is 4. The van der Waals surface area contributed by atoms with Gasteiger partial charge in [0.1, 0.15) is 11.6 Å². The number of aromatic nitrogens is 1. The van der Waals surface area contributed by atoms with Crippen LogP contribution in [0.1, 0.15) is 11.3 Å². The standard InChI is InChI=1S/C17H23N3O/c1-12-13(2)18-17(20-9-7-19(3)8-10-20)16-11-14(21-4)5-6-15(12)16/h5-6,11H,7-10H2,1-4H3. The summed E-state index contributed by atoms with van der Waals surface area (Å²) < 4.78 is 5.40. The van der Waals surface area contributed by atoms with E-state index in [0.717, 1.165) is 43.4 Å². The first kappa shape index (κ1) is 14.1. The highest BCUT2D eigenvalue weighted by Crippen LogP contribution is 2.32. The lowest BCUT2D eigenvalue weighted by molar-refractivity contribution is 0.312. The van der Waals surface area contributed by atoms with Crippen LogP contribution in [-0.4, -0.2) is 50.2 Å². The number of methoxy groups -OCH3 is 1. The van der Waals surface area contributed by atoms with Crippen molar-refractivity contribution in [1.29, 1.82) is 0 Å². The van der Waals surface area contributed by atoms with Crippen molar-refractivity contribution in [2.45, 2.75) is 13.8 Å². The molecule has 0 atom stereocenters. The first-order chi connectivity index (χ1) is 10.1. The molecule has 0 amide bonds. The normalized spacial score (nSPS) is 16.5. The van der Waals surface area contributed by atoms with E-state index in [9.17, 15) is 0 Å². The van der Waals surface area contributed by atoms with Gasteiger partial charge in [-0.3, -0.25) is 0 Å². The van der Waals surface area contributed by atoms with Crippen LogP contribution in [0, 0.1) is 13.8 Å². The highest BCUT2D eigenvalue weighted by atomic mass is 16.5. The van der Waals surface area contributed by atoms with Crippen LogP contribution in [0.5, 0.6) is 5.75 Å². The number of rotatable bonds is 2. The number of aryl methyl sites for hydroxylation is 2. The summed E-state index contributed by atoms with van der Waals surface area (Å²) in [4.78, 5) is 9.64. The van der Waals surface area contributed by atoms with Crippen LogP contribution in [0.4, 0.5) is 5.82 Å². The summed E-state index contributed by atoms with van der Waals surface area (Å²) in [5, 5.41) is 2.47. The summed E-state index contributed by atoms with van der Waals surface area (Å²) in [6, 6.07) is 6.29. The predicted octanol–water partition coefficient (Wildman–Crippen LogP) is 2.61. The second-order valence-corrected chi connectivity index (χ2v) is 5.85. The number of pyridine rings is 1. The average Bonchev–Trinajstić information content (AvgIpc) is 2.51. The third-order valence-electron chi connectivity index (χ3n) is 4.49. The summed E-state index contributed by atoms with van der Waals surface area (Å²) in [6.45, 7) is 8.46. The van der Waals surface area contributed by atoms with Crippen molar-refractivity contribution in [3.05, 3.63) is 29.5 Å². The fourth-order valence-electron chi connectivity index (χ4n) is 2.92. The molecule has 3 rings (SSSR count). The summed E-state index contributed by atoms with van der Waals surface area (Å²) in [6.07, 6.45) is 0. The molecular weight excluding hydrogens is 262 g/mol. The minimum absolute atomic E-state index is 0.892. The Morgan fingerprint density at radius 1 is 1.05 bits per heavy atom. The molecular formula is C17H23N3O. The van der Waals surface area contributed by atoms with Crippen molar-refractivity contribution in [2.75, 3.05) is 45.2 Å². The molecule has 1 fully saturated rings. The lowest BCUT2D eigenvalue weighted by atomic mass is 10.0. The predicted molar refractivity (Wildman–Crippen MR) is 87.5 cm³/mol. The first-order valence-corrected chi connectivity index (χ1v) is 7.48. The molecule has 1 saturated heterocycles. The zero-order valence-corrected chi connectivity index (χ0v) is 13.3. The maximum Gasteiger partial charge on any atom is 0.136 e. The van der Waals surface area contributed by atoms with Gasteiger partial charge in [-0.15, -0.1) is 0 Å². The second-order valence-electron chi connectivity index (χ2n) is 5.85. The Hall–Kier alpha value is -1.81. The zero-order chi connectivity index (χ0) is 15.0. The van der Waals surface area contributed by atoms with Gasteiger partial charge in [0, 0.05) is 37.3 Å². The third-order valence-corrected chi connectivity index (χ3v) is 4.49. The first-order valence-electron chi connectivity index (χ1n) is 7.48. The number of ether oxygens (including phenoxy) is 1. The number of piperazine rings is 1. The van der Waals surface area contributed by atoms with Gasteiger partial charge in [-0.1, -0.05) is 6.07 Å². The quantitative estimate of drug-likeness (QED) is 0.848. The molecule has 1 aliphatic rings. The Bertz CT molecular complexity index is 661. The molecule has 21 heavy (non-hydrogen) atoms. The van der Waals surface area contributed by atoms with E-state index in [2.05, 4.69) is 42.8 Å². The average molecular weight is 285 g/mol. The number of likely N-dealkylation sites (N-methyl/N-ethyl adjacent to an activating group) is 1. The smallest absolute Gasteiger partial charge is 0.136 e. The van der Waals surface area contributed by atoms with Gasteiger partial charge >= 0.3 is 0 Å². The summed E-state index contributed by atoms with van der Waals surface area (Å²) in [7, 11) is 3.89. The minimum atomic E-state index is 0.892. The van der Waals surface area contributed by atoms with E-state index < -0.39 is 0 Å². The molecule has 1 aromatic carbocycles. The number of fused-ring (bicyclic) bond motifs is 1. The molecule has 4 heteroatoms. The molecule has 2 heterocycles. The highest BCUT2D eigenvalue weighted by Gasteiger charge is 2.19.